The van der Waals surface area contributed by atoms with Crippen LogP contribution in [0.25, 0.3) is 0 Å². The van der Waals surface area contributed by atoms with Crippen molar-refractivity contribution in [1.29, 1.82) is 0 Å². The summed E-state index contributed by atoms with van der Waals surface area (Å²) >= 11 is 3.25. The third-order valence-electron chi connectivity index (χ3n) is 5.41. The van der Waals surface area contributed by atoms with Gasteiger partial charge in [0.2, 0.25) is 0 Å². The lowest BCUT2D eigenvalue weighted by Gasteiger charge is -2.28. The van der Waals surface area contributed by atoms with Crippen LogP contribution in [0, 0.1) is 23.6 Å². The van der Waals surface area contributed by atoms with E-state index in [1.54, 1.807) is 6.07 Å². The zero-order chi connectivity index (χ0) is 14.8. The Morgan fingerprint density at radius 1 is 1.33 bits per heavy atom. The van der Waals surface area contributed by atoms with Crippen LogP contribution in [0.2, 0.25) is 0 Å². The van der Waals surface area contributed by atoms with Gasteiger partial charge >= 0.3 is 0 Å². The van der Waals surface area contributed by atoms with Crippen molar-refractivity contribution in [2.45, 2.75) is 51.5 Å². The topological polar surface area (TPSA) is 12.0 Å². The molecular formula is C18H25BrFN. The van der Waals surface area contributed by atoms with Crippen LogP contribution < -0.4 is 5.32 Å². The molecule has 2 aliphatic carbocycles. The van der Waals surface area contributed by atoms with Crippen molar-refractivity contribution in [1.82, 2.24) is 5.32 Å². The van der Waals surface area contributed by atoms with Crippen molar-refractivity contribution in [3.63, 3.8) is 0 Å². The highest BCUT2D eigenvalue weighted by atomic mass is 79.9. The molecule has 21 heavy (non-hydrogen) atoms. The van der Waals surface area contributed by atoms with Gasteiger partial charge < -0.3 is 5.32 Å². The van der Waals surface area contributed by atoms with E-state index in [-0.39, 0.29) is 5.82 Å². The molecule has 1 N–H and O–H groups in total. The number of benzene rings is 1. The van der Waals surface area contributed by atoms with E-state index < -0.39 is 0 Å². The molecule has 0 radical (unpaired) electrons. The maximum absolute atomic E-state index is 13.9. The van der Waals surface area contributed by atoms with Crippen LogP contribution in [0.1, 0.15) is 57.1 Å². The van der Waals surface area contributed by atoms with Crippen LogP contribution in [0.5, 0.6) is 0 Å². The first-order chi connectivity index (χ1) is 10.2. The quantitative estimate of drug-likeness (QED) is 0.716. The second-order valence-electron chi connectivity index (χ2n) is 6.85. The van der Waals surface area contributed by atoms with Crippen LogP contribution in [0.4, 0.5) is 4.39 Å². The van der Waals surface area contributed by atoms with Gasteiger partial charge in [0, 0.05) is 6.04 Å². The Morgan fingerprint density at radius 2 is 2.19 bits per heavy atom. The van der Waals surface area contributed by atoms with Gasteiger partial charge in [0.25, 0.3) is 0 Å². The summed E-state index contributed by atoms with van der Waals surface area (Å²) < 4.78 is 14.4. The van der Waals surface area contributed by atoms with Gasteiger partial charge in [-0.25, -0.2) is 4.39 Å². The van der Waals surface area contributed by atoms with E-state index in [4.69, 9.17) is 0 Å². The van der Waals surface area contributed by atoms with E-state index in [2.05, 4.69) is 34.2 Å². The van der Waals surface area contributed by atoms with Crippen molar-refractivity contribution < 1.29 is 4.39 Å². The van der Waals surface area contributed by atoms with Crippen molar-refractivity contribution in [2.75, 3.05) is 6.54 Å². The van der Waals surface area contributed by atoms with Crippen molar-refractivity contribution >= 4 is 15.9 Å². The smallest absolute Gasteiger partial charge is 0.137 e. The third-order valence-corrected chi connectivity index (χ3v) is 6.05. The molecule has 3 heteroatoms. The van der Waals surface area contributed by atoms with Gasteiger partial charge in [-0.15, -0.1) is 0 Å². The molecule has 1 nitrogen and oxygen atoms in total. The second kappa shape index (κ2) is 6.78. The summed E-state index contributed by atoms with van der Waals surface area (Å²) in [5.74, 6) is 2.60. The minimum atomic E-state index is -0.149. The van der Waals surface area contributed by atoms with Gasteiger partial charge in [0.15, 0.2) is 0 Å². The average molecular weight is 354 g/mol. The fraction of sp³-hybridized carbons (Fsp3) is 0.667. The van der Waals surface area contributed by atoms with E-state index in [9.17, 15) is 4.39 Å². The normalized spacial score (nSPS) is 29.0. The molecule has 4 unspecified atom stereocenters. The Morgan fingerprint density at radius 3 is 2.81 bits per heavy atom. The minimum Gasteiger partial charge on any atom is -0.310 e. The van der Waals surface area contributed by atoms with E-state index in [1.165, 1.54) is 32.1 Å². The molecule has 0 spiro atoms. The largest absolute Gasteiger partial charge is 0.310 e. The third kappa shape index (κ3) is 3.50. The minimum absolute atomic E-state index is 0.149. The monoisotopic (exact) mass is 353 g/mol. The Labute approximate surface area is 135 Å². The molecule has 0 amide bonds. The zero-order valence-corrected chi connectivity index (χ0v) is 14.3. The summed E-state index contributed by atoms with van der Waals surface area (Å²) in [7, 11) is 0. The van der Waals surface area contributed by atoms with E-state index in [0.717, 1.165) is 36.3 Å². The molecule has 3 rings (SSSR count). The first-order valence-electron chi connectivity index (χ1n) is 8.35. The van der Waals surface area contributed by atoms with Crippen LogP contribution in [-0.2, 0) is 0 Å². The molecule has 0 heterocycles. The van der Waals surface area contributed by atoms with Crippen molar-refractivity contribution in [3.8, 4) is 0 Å². The summed E-state index contributed by atoms with van der Waals surface area (Å²) in [6, 6.07) is 5.90. The maximum Gasteiger partial charge on any atom is 0.137 e. The molecule has 1 aromatic carbocycles. The zero-order valence-electron chi connectivity index (χ0n) is 12.7. The number of rotatable bonds is 6. The second-order valence-corrected chi connectivity index (χ2v) is 7.71. The highest BCUT2D eigenvalue weighted by Crippen LogP contribution is 2.51. The van der Waals surface area contributed by atoms with Crippen molar-refractivity contribution in [2.24, 2.45) is 17.8 Å². The van der Waals surface area contributed by atoms with Gasteiger partial charge in [0.1, 0.15) is 5.82 Å². The van der Waals surface area contributed by atoms with Crippen LogP contribution in [0.3, 0.4) is 0 Å². The van der Waals surface area contributed by atoms with Gasteiger partial charge in [-0.3, -0.25) is 0 Å². The molecule has 0 saturated heterocycles. The SMILES string of the molecule is CCCNC(CC1CC2CCC1C2)c1ccc(Br)c(F)c1. The van der Waals surface area contributed by atoms with E-state index >= 15 is 0 Å². The van der Waals surface area contributed by atoms with Crippen molar-refractivity contribution in [3.05, 3.63) is 34.1 Å². The first-order valence-corrected chi connectivity index (χ1v) is 9.15. The Bertz CT molecular complexity index is 490. The van der Waals surface area contributed by atoms with Gasteiger partial charge in [-0.1, -0.05) is 19.4 Å². The molecule has 2 saturated carbocycles. The average Bonchev–Trinajstić information content (AvgIpc) is 3.09. The highest BCUT2D eigenvalue weighted by molar-refractivity contribution is 9.10. The Hall–Kier alpha value is -0.410. The lowest BCUT2D eigenvalue weighted by Crippen LogP contribution is -2.26. The highest BCUT2D eigenvalue weighted by Gasteiger charge is 2.40. The molecule has 0 aromatic heterocycles. The number of hydrogen-bond acceptors (Lipinski definition) is 1. The van der Waals surface area contributed by atoms with E-state index in [0.29, 0.717) is 10.5 Å². The number of nitrogens with one attached hydrogen (secondary N) is 1. The molecule has 2 bridgehead atoms. The summed E-state index contributed by atoms with van der Waals surface area (Å²) in [5, 5.41) is 3.64. The Balaban J connectivity index is 1.72. The van der Waals surface area contributed by atoms with Crippen LogP contribution in [0.15, 0.2) is 22.7 Å². The lowest BCUT2D eigenvalue weighted by atomic mass is 9.82. The fourth-order valence-electron chi connectivity index (χ4n) is 4.35. The summed E-state index contributed by atoms with van der Waals surface area (Å²) in [4.78, 5) is 0. The van der Waals surface area contributed by atoms with E-state index in [1.807, 2.05) is 6.07 Å². The molecule has 2 fully saturated rings. The number of halogens is 2. The standard InChI is InChI=1S/C18H25BrFN/c1-2-7-21-18(14-5-6-16(19)17(20)10-14)11-15-9-12-3-4-13(15)8-12/h5-6,10,12-13,15,18,21H,2-4,7-9,11H2,1H3. The van der Waals surface area contributed by atoms with Gasteiger partial charge in [-0.05, 0) is 90.0 Å². The number of hydrogen-bond donors (Lipinski definition) is 1. The molecule has 1 aromatic rings. The molecule has 2 aliphatic rings. The Kier molecular flexibility index (Phi) is 5.00. The van der Waals surface area contributed by atoms with Crippen LogP contribution >= 0.6 is 15.9 Å². The summed E-state index contributed by atoms with van der Waals surface area (Å²) in [6.45, 7) is 3.19. The molecule has 4 atom stereocenters. The predicted molar refractivity (Wildman–Crippen MR) is 88.7 cm³/mol. The lowest BCUT2D eigenvalue weighted by molar-refractivity contribution is 0.279. The molecule has 0 aliphatic heterocycles. The van der Waals surface area contributed by atoms with Crippen LogP contribution in [-0.4, -0.2) is 6.54 Å². The maximum atomic E-state index is 13.9. The first kappa shape index (κ1) is 15.5. The molecular weight excluding hydrogens is 329 g/mol. The predicted octanol–water partition coefficient (Wildman–Crippen LogP) is 5.46. The molecule has 116 valence electrons. The number of fused-ring (bicyclic) bond motifs is 2. The fourth-order valence-corrected chi connectivity index (χ4v) is 4.60. The summed E-state index contributed by atoms with van der Waals surface area (Å²) in [6.07, 6.45) is 7.99. The van der Waals surface area contributed by atoms with Gasteiger partial charge in [0.05, 0.1) is 4.47 Å². The summed E-state index contributed by atoms with van der Waals surface area (Å²) in [5.41, 5.74) is 1.10. The van der Waals surface area contributed by atoms with Gasteiger partial charge in [-0.2, -0.15) is 0 Å².